The molecule has 2 aromatic heterocycles. The van der Waals surface area contributed by atoms with Crippen LogP contribution in [0.2, 0.25) is 0 Å². The molecule has 0 saturated carbocycles. The van der Waals surface area contributed by atoms with Gasteiger partial charge in [0.1, 0.15) is 23.4 Å². The third-order valence-corrected chi connectivity index (χ3v) is 4.60. The molecule has 4 rings (SSSR count). The molecule has 6 heteroatoms. The lowest BCUT2D eigenvalue weighted by atomic mass is 10.1. The van der Waals surface area contributed by atoms with E-state index in [4.69, 9.17) is 4.98 Å². The highest BCUT2D eigenvalue weighted by Gasteiger charge is 2.21. The summed E-state index contributed by atoms with van der Waals surface area (Å²) in [5.41, 5.74) is 4.74. The second-order valence-electron chi connectivity index (χ2n) is 6.95. The fourth-order valence-electron chi connectivity index (χ4n) is 3.28. The van der Waals surface area contributed by atoms with Gasteiger partial charge in [0.2, 0.25) is 0 Å². The van der Waals surface area contributed by atoms with Crippen LogP contribution >= 0.6 is 0 Å². The molecule has 0 aliphatic rings. The standard InChI is InChI=1S/C24H18N6/c1-29(2)16-19(14-25)23-20(15-26)24-27-21(17-9-5-3-6-10-17)13-22(30(24)28-23)18-11-7-4-8-12-18/h3-13,16H,1-2H3. The highest BCUT2D eigenvalue weighted by atomic mass is 15.3. The summed E-state index contributed by atoms with van der Waals surface area (Å²) in [6.45, 7) is 0. The third-order valence-electron chi connectivity index (χ3n) is 4.60. The van der Waals surface area contributed by atoms with Crippen LogP contribution in [0, 0.1) is 22.7 Å². The van der Waals surface area contributed by atoms with E-state index in [1.807, 2.05) is 80.8 Å². The van der Waals surface area contributed by atoms with Gasteiger partial charge in [-0.15, -0.1) is 0 Å². The van der Waals surface area contributed by atoms with Gasteiger partial charge in [-0.05, 0) is 6.07 Å². The first-order chi connectivity index (χ1) is 14.6. The molecule has 0 radical (unpaired) electrons. The molecular formula is C24H18N6. The largest absolute Gasteiger partial charge is 0.382 e. The fourth-order valence-corrected chi connectivity index (χ4v) is 3.28. The van der Waals surface area contributed by atoms with Gasteiger partial charge in [-0.1, -0.05) is 60.7 Å². The van der Waals surface area contributed by atoms with Gasteiger partial charge in [0, 0.05) is 31.4 Å². The Morgan fingerprint density at radius 1 is 0.967 bits per heavy atom. The number of aromatic nitrogens is 3. The van der Waals surface area contributed by atoms with Crippen LogP contribution in [0.5, 0.6) is 0 Å². The lowest BCUT2D eigenvalue weighted by molar-refractivity contribution is 0.566. The highest BCUT2D eigenvalue weighted by molar-refractivity contribution is 5.83. The minimum atomic E-state index is 0.277. The Balaban J connectivity index is 2.09. The van der Waals surface area contributed by atoms with E-state index in [9.17, 15) is 10.5 Å². The number of fused-ring (bicyclic) bond motifs is 1. The minimum absolute atomic E-state index is 0.277. The normalized spacial score (nSPS) is 11.1. The molecule has 0 fully saturated rings. The second kappa shape index (κ2) is 7.90. The summed E-state index contributed by atoms with van der Waals surface area (Å²) in [5, 5.41) is 24.2. The van der Waals surface area contributed by atoms with Crippen molar-refractivity contribution >= 4 is 11.2 Å². The van der Waals surface area contributed by atoms with E-state index in [-0.39, 0.29) is 5.56 Å². The quantitative estimate of drug-likeness (QED) is 0.484. The van der Waals surface area contributed by atoms with Crippen molar-refractivity contribution in [2.24, 2.45) is 0 Å². The molecule has 0 unspecified atom stereocenters. The maximum absolute atomic E-state index is 9.91. The lowest BCUT2D eigenvalue weighted by Gasteiger charge is -2.08. The number of allylic oxidation sites excluding steroid dienone is 1. The number of benzene rings is 2. The number of nitrogens with zero attached hydrogens (tertiary/aromatic N) is 6. The fraction of sp³-hybridized carbons (Fsp3) is 0.0833. The van der Waals surface area contributed by atoms with Crippen LogP contribution < -0.4 is 0 Å². The molecular weight excluding hydrogens is 372 g/mol. The molecule has 0 bridgehead atoms. The predicted octanol–water partition coefficient (Wildman–Crippen LogP) is 4.36. The van der Waals surface area contributed by atoms with Crippen LogP contribution in [0.3, 0.4) is 0 Å². The molecule has 30 heavy (non-hydrogen) atoms. The zero-order valence-corrected chi connectivity index (χ0v) is 16.6. The Morgan fingerprint density at radius 3 is 2.17 bits per heavy atom. The van der Waals surface area contributed by atoms with Crippen LogP contribution in [-0.4, -0.2) is 33.6 Å². The zero-order valence-electron chi connectivity index (χ0n) is 16.6. The van der Waals surface area contributed by atoms with Crippen molar-refractivity contribution in [3.05, 3.63) is 84.2 Å². The molecule has 0 aliphatic heterocycles. The van der Waals surface area contributed by atoms with Crippen LogP contribution in [0.4, 0.5) is 0 Å². The first-order valence-electron chi connectivity index (χ1n) is 9.36. The Morgan fingerprint density at radius 2 is 1.60 bits per heavy atom. The van der Waals surface area contributed by atoms with Gasteiger partial charge in [-0.2, -0.15) is 15.6 Å². The molecule has 0 saturated heterocycles. The van der Waals surface area contributed by atoms with Gasteiger partial charge in [0.25, 0.3) is 0 Å². The monoisotopic (exact) mass is 390 g/mol. The molecule has 2 heterocycles. The van der Waals surface area contributed by atoms with Gasteiger partial charge < -0.3 is 4.90 Å². The third kappa shape index (κ3) is 3.39. The van der Waals surface area contributed by atoms with E-state index in [1.54, 1.807) is 15.6 Å². The number of rotatable bonds is 4. The summed E-state index contributed by atoms with van der Waals surface area (Å²) < 4.78 is 1.65. The number of hydrogen-bond acceptors (Lipinski definition) is 5. The number of hydrogen-bond donors (Lipinski definition) is 0. The summed E-state index contributed by atoms with van der Waals surface area (Å²) in [5.74, 6) is 0. The van der Waals surface area contributed by atoms with Crippen molar-refractivity contribution in [3.8, 4) is 34.7 Å². The average molecular weight is 390 g/mol. The van der Waals surface area contributed by atoms with E-state index in [2.05, 4.69) is 17.2 Å². The maximum atomic E-state index is 9.91. The Labute approximate surface area is 174 Å². The highest BCUT2D eigenvalue weighted by Crippen LogP contribution is 2.30. The summed E-state index contributed by atoms with van der Waals surface area (Å²) in [6, 6.07) is 25.9. The van der Waals surface area contributed by atoms with Crippen molar-refractivity contribution < 1.29 is 0 Å². The van der Waals surface area contributed by atoms with Crippen LogP contribution in [0.25, 0.3) is 33.7 Å². The lowest BCUT2D eigenvalue weighted by Crippen LogP contribution is -2.03. The van der Waals surface area contributed by atoms with Crippen molar-refractivity contribution in [2.75, 3.05) is 14.1 Å². The zero-order chi connectivity index (χ0) is 21.1. The van der Waals surface area contributed by atoms with Gasteiger partial charge >= 0.3 is 0 Å². The van der Waals surface area contributed by atoms with Gasteiger partial charge in [0.15, 0.2) is 5.65 Å². The smallest absolute Gasteiger partial charge is 0.174 e. The molecule has 0 aliphatic carbocycles. The maximum Gasteiger partial charge on any atom is 0.174 e. The van der Waals surface area contributed by atoms with Gasteiger partial charge in [-0.3, -0.25) is 0 Å². The Kier molecular flexibility index (Phi) is 4.99. The van der Waals surface area contributed by atoms with Gasteiger partial charge in [0.05, 0.1) is 17.0 Å². The van der Waals surface area contributed by atoms with Crippen molar-refractivity contribution in [1.82, 2.24) is 19.5 Å². The van der Waals surface area contributed by atoms with Crippen LogP contribution in [0.1, 0.15) is 11.3 Å². The molecule has 4 aromatic rings. The molecule has 0 spiro atoms. The molecule has 0 amide bonds. The van der Waals surface area contributed by atoms with E-state index in [1.165, 1.54) is 0 Å². The SMILES string of the molecule is CN(C)C=C(C#N)c1nn2c(-c3ccccc3)cc(-c3ccccc3)nc2c1C#N. The first-order valence-corrected chi connectivity index (χ1v) is 9.36. The van der Waals surface area contributed by atoms with E-state index < -0.39 is 0 Å². The Hall–Kier alpha value is -4.42. The van der Waals surface area contributed by atoms with E-state index in [0.717, 1.165) is 22.5 Å². The number of nitriles is 2. The summed E-state index contributed by atoms with van der Waals surface area (Å²) in [6.07, 6.45) is 1.66. The average Bonchev–Trinajstić information content (AvgIpc) is 3.16. The Bertz CT molecular complexity index is 1320. The first kappa shape index (κ1) is 18.9. The van der Waals surface area contributed by atoms with Crippen molar-refractivity contribution in [3.63, 3.8) is 0 Å². The molecule has 6 nitrogen and oxygen atoms in total. The molecule has 0 N–H and O–H groups in total. The van der Waals surface area contributed by atoms with Crippen LogP contribution in [-0.2, 0) is 0 Å². The summed E-state index contributed by atoms with van der Waals surface area (Å²) in [4.78, 5) is 6.50. The van der Waals surface area contributed by atoms with Crippen molar-refractivity contribution in [2.45, 2.75) is 0 Å². The minimum Gasteiger partial charge on any atom is -0.382 e. The molecule has 0 atom stereocenters. The summed E-state index contributed by atoms with van der Waals surface area (Å²) >= 11 is 0. The topological polar surface area (TPSA) is 81.0 Å². The predicted molar refractivity (Wildman–Crippen MR) is 116 cm³/mol. The van der Waals surface area contributed by atoms with Crippen molar-refractivity contribution in [1.29, 1.82) is 10.5 Å². The van der Waals surface area contributed by atoms with E-state index in [0.29, 0.717) is 16.9 Å². The second-order valence-corrected chi connectivity index (χ2v) is 6.95. The van der Waals surface area contributed by atoms with E-state index >= 15 is 0 Å². The molecule has 2 aromatic carbocycles. The van der Waals surface area contributed by atoms with Gasteiger partial charge in [-0.25, -0.2) is 9.50 Å². The molecule has 144 valence electrons. The van der Waals surface area contributed by atoms with Crippen LogP contribution in [0.15, 0.2) is 72.9 Å². The summed E-state index contributed by atoms with van der Waals surface area (Å²) in [7, 11) is 3.64.